The number of amides is 1. The highest BCUT2D eigenvalue weighted by Crippen LogP contribution is 2.51. The van der Waals surface area contributed by atoms with Gasteiger partial charge in [-0.2, -0.15) is 13.2 Å². The molecule has 3 fully saturated rings. The number of piperazine rings is 1. The van der Waals surface area contributed by atoms with E-state index < -0.39 is 22.7 Å². The molecule has 2 aliphatic carbocycles. The molecule has 2 saturated carbocycles. The molecule has 0 spiro atoms. The quantitative estimate of drug-likeness (QED) is 0.432. The second kappa shape index (κ2) is 11.7. The fraction of sp³-hybridized carbons (Fsp3) is 0.571. The summed E-state index contributed by atoms with van der Waals surface area (Å²) in [5.74, 6) is 2.27. The van der Waals surface area contributed by atoms with Gasteiger partial charge >= 0.3 is 6.18 Å². The summed E-state index contributed by atoms with van der Waals surface area (Å²) in [4.78, 5) is 21.4. The first kappa shape index (κ1) is 28.3. The third-order valence-corrected chi connectivity index (χ3v) is 8.46. The van der Waals surface area contributed by atoms with Gasteiger partial charge in [0.05, 0.1) is 30.7 Å². The smallest absolute Gasteiger partial charge is 0.418 e. The molecule has 3 aliphatic rings. The highest BCUT2D eigenvalue weighted by atomic mass is 19.4. The second-order valence-corrected chi connectivity index (χ2v) is 10.9. The maximum Gasteiger partial charge on any atom is 0.418 e. The molecule has 2 unspecified atom stereocenters. The van der Waals surface area contributed by atoms with E-state index in [1.165, 1.54) is 6.07 Å². The van der Waals surface area contributed by atoms with Crippen molar-refractivity contribution in [2.75, 3.05) is 43.4 Å². The molecular formula is C28H35F3N4O5. The summed E-state index contributed by atoms with van der Waals surface area (Å²) in [5, 5.41) is 17.7. The third-order valence-electron chi connectivity index (χ3n) is 8.46. The molecule has 5 rings (SSSR count). The average Bonchev–Trinajstić information content (AvgIpc) is 3.72. The number of hydrogen-bond acceptors (Lipinski definition) is 8. The summed E-state index contributed by atoms with van der Waals surface area (Å²) in [6.45, 7) is 2.92. The van der Waals surface area contributed by atoms with E-state index in [0.717, 1.165) is 63.0 Å². The molecule has 1 saturated heterocycles. The number of benzene rings is 1. The summed E-state index contributed by atoms with van der Waals surface area (Å²) in [6.07, 6.45) is 1.77. The lowest BCUT2D eigenvalue weighted by Crippen LogP contribution is -2.49. The van der Waals surface area contributed by atoms with Crippen molar-refractivity contribution in [2.24, 2.45) is 17.8 Å². The summed E-state index contributed by atoms with van der Waals surface area (Å²) >= 11 is 0. The van der Waals surface area contributed by atoms with Crippen molar-refractivity contribution < 1.29 is 37.9 Å². The molecule has 12 heteroatoms. The van der Waals surface area contributed by atoms with Crippen LogP contribution in [-0.2, 0) is 11.0 Å². The maximum absolute atomic E-state index is 13.3. The number of aromatic nitrogens is 1. The summed E-state index contributed by atoms with van der Waals surface area (Å²) in [6, 6.07) is 6.91. The van der Waals surface area contributed by atoms with Crippen molar-refractivity contribution in [1.29, 1.82) is 0 Å². The number of rotatable bonds is 8. The van der Waals surface area contributed by atoms with E-state index in [2.05, 4.69) is 9.88 Å². The predicted molar refractivity (Wildman–Crippen MR) is 140 cm³/mol. The molecule has 2 heterocycles. The molecule has 1 aromatic carbocycles. The zero-order chi connectivity index (χ0) is 28.4. The third kappa shape index (κ3) is 6.55. The van der Waals surface area contributed by atoms with Gasteiger partial charge < -0.3 is 19.3 Å². The van der Waals surface area contributed by atoms with Gasteiger partial charge in [0.15, 0.2) is 0 Å². The standard InChI is InChI=1S/C28H35F3N4O5/c1-39-26-9-4-20(17-32-26)33-10-12-34(13-11-33)27(36)15-19-14-23(19)18-2-5-21(6-3-18)40-22-7-8-25(35(37)38)24(16-22)28(29,30)31/h4,7-9,16-19,21,23,37-38H,2-3,5-6,10-15H2,1H3. The number of methoxy groups -OCH3 is 1. The summed E-state index contributed by atoms with van der Waals surface area (Å²) in [7, 11) is 1.59. The first-order chi connectivity index (χ1) is 19.1. The van der Waals surface area contributed by atoms with Crippen LogP contribution in [0.2, 0.25) is 0 Å². The van der Waals surface area contributed by atoms with Crippen molar-refractivity contribution >= 4 is 17.3 Å². The van der Waals surface area contributed by atoms with Gasteiger partial charge in [-0.05, 0) is 74.1 Å². The fourth-order valence-electron chi connectivity index (χ4n) is 6.15. The number of nitrogens with zero attached hydrogens (tertiary/aromatic N) is 4. The molecular weight excluding hydrogens is 529 g/mol. The Morgan fingerprint density at radius 2 is 1.80 bits per heavy atom. The SMILES string of the molecule is COc1ccc(N2CCN(C(=O)CC3CC3C3CCC(Oc4ccc(N(O)O)c(C(F)(F)F)c4)CC3)CC2)cn1. The van der Waals surface area contributed by atoms with E-state index in [1.807, 2.05) is 17.0 Å². The zero-order valence-corrected chi connectivity index (χ0v) is 22.4. The molecule has 218 valence electrons. The van der Waals surface area contributed by atoms with E-state index >= 15 is 0 Å². The van der Waals surface area contributed by atoms with Crippen molar-refractivity contribution in [1.82, 2.24) is 9.88 Å². The largest absolute Gasteiger partial charge is 0.490 e. The Morgan fingerprint density at radius 3 is 2.40 bits per heavy atom. The molecule has 0 radical (unpaired) electrons. The average molecular weight is 565 g/mol. The topological polar surface area (TPSA) is 98.6 Å². The molecule has 9 nitrogen and oxygen atoms in total. The fourth-order valence-corrected chi connectivity index (χ4v) is 6.15. The van der Waals surface area contributed by atoms with E-state index in [-0.39, 0.29) is 17.8 Å². The van der Waals surface area contributed by atoms with Gasteiger partial charge in [-0.15, -0.1) is 5.23 Å². The lowest BCUT2D eigenvalue weighted by Gasteiger charge is -2.36. The number of hydrogen-bond donors (Lipinski definition) is 2. The van der Waals surface area contributed by atoms with Gasteiger partial charge in [-0.25, -0.2) is 4.98 Å². The normalized spacial score (nSPS) is 24.9. The van der Waals surface area contributed by atoms with Gasteiger partial charge in [0.1, 0.15) is 11.4 Å². The second-order valence-electron chi connectivity index (χ2n) is 10.9. The number of ether oxygens (including phenoxy) is 2. The number of alkyl halides is 3. The summed E-state index contributed by atoms with van der Waals surface area (Å²) < 4.78 is 51.0. The van der Waals surface area contributed by atoms with E-state index in [4.69, 9.17) is 19.9 Å². The highest BCUT2D eigenvalue weighted by molar-refractivity contribution is 5.77. The number of halogens is 3. The minimum atomic E-state index is -4.75. The Labute approximate surface area is 231 Å². The van der Waals surface area contributed by atoms with E-state index in [0.29, 0.717) is 43.1 Å². The van der Waals surface area contributed by atoms with E-state index in [9.17, 15) is 18.0 Å². The highest BCUT2D eigenvalue weighted by Gasteiger charge is 2.45. The van der Waals surface area contributed by atoms with Crippen LogP contribution in [0.1, 0.15) is 44.1 Å². The first-order valence-electron chi connectivity index (χ1n) is 13.7. The molecule has 40 heavy (non-hydrogen) atoms. The number of pyridine rings is 1. The number of carbonyl (C=O) groups excluding carboxylic acids is 1. The Balaban J connectivity index is 1.04. The molecule has 0 bridgehead atoms. The van der Waals surface area contributed by atoms with Crippen LogP contribution in [0.15, 0.2) is 36.5 Å². The van der Waals surface area contributed by atoms with Crippen LogP contribution in [0.4, 0.5) is 24.5 Å². The monoisotopic (exact) mass is 564 g/mol. The maximum atomic E-state index is 13.3. The molecule has 2 aromatic rings. The van der Waals surface area contributed by atoms with Crippen LogP contribution in [-0.4, -0.2) is 65.6 Å². The Kier molecular flexibility index (Phi) is 8.27. The van der Waals surface area contributed by atoms with Crippen LogP contribution >= 0.6 is 0 Å². The van der Waals surface area contributed by atoms with Crippen molar-refractivity contribution in [3.8, 4) is 11.6 Å². The van der Waals surface area contributed by atoms with Crippen molar-refractivity contribution in [3.05, 3.63) is 42.1 Å². The van der Waals surface area contributed by atoms with Gasteiger partial charge in [-0.1, -0.05) is 0 Å². The van der Waals surface area contributed by atoms with Gasteiger partial charge in [-0.3, -0.25) is 15.2 Å². The lowest BCUT2D eigenvalue weighted by atomic mass is 9.83. The first-order valence-corrected chi connectivity index (χ1v) is 13.7. The van der Waals surface area contributed by atoms with Gasteiger partial charge in [0.25, 0.3) is 0 Å². The number of anilines is 2. The van der Waals surface area contributed by atoms with Crippen LogP contribution in [0.5, 0.6) is 11.6 Å². The van der Waals surface area contributed by atoms with Crippen LogP contribution in [0.3, 0.4) is 0 Å². The molecule has 2 atom stereocenters. The minimum absolute atomic E-state index is 0.0552. The van der Waals surface area contributed by atoms with Gasteiger partial charge in [0.2, 0.25) is 11.8 Å². The van der Waals surface area contributed by atoms with Gasteiger partial charge in [0, 0.05) is 38.7 Å². The minimum Gasteiger partial charge on any atom is -0.490 e. The van der Waals surface area contributed by atoms with Crippen molar-refractivity contribution in [3.63, 3.8) is 0 Å². The van der Waals surface area contributed by atoms with Crippen LogP contribution in [0, 0.1) is 17.8 Å². The van der Waals surface area contributed by atoms with Crippen LogP contribution in [0.25, 0.3) is 0 Å². The lowest BCUT2D eigenvalue weighted by molar-refractivity contribution is -0.138. The molecule has 1 aliphatic heterocycles. The zero-order valence-electron chi connectivity index (χ0n) is 22.4. The Hall–Kier alpha value is -3.25. The molecule has 1 aromatic heterocycles. The summed E-state index contributed by atoms with van der Waals surface area (Å²) in [5.41, 5.74) is -0.905. The molecule has 2 N–H and O–H groups in total. The predicted octanol–water partition coefficient (Wildman–Crippen LogP) is 5.01. The van der Waals surface area contributed by atoms with E-state index in [1.54, 1.807) is 13.3 Å². The Bertz CT molecular complexity index is 1160. The number of carbonyl (C=O) groups is 1. The Morgan fingerprint density at radius 1 is 1.07 bits per heavy atom. The van der Waals surface area contributed by atoms with Crippen molar-refractivity contribution in [2.45, 2.75) is 50.8 Å². The van der Waals surface area contributed by atoms with Crippen LogP contribution < -0.4 is 19.6 Å². The molecule has 1 amide bonds.